The molecule has 0 bridgehead atoms. The molecule has 1 fully saturated rings. The van der Waals surface area contributed by atoms with Gasteiger partial charge in [0.25, 0.3) is 5.56 Å². The third-order valence-corrected chi connectivity index (χ3v) is 6.23. The fourth-order valence-corrected chi connectivity index (χ4v) is 4.57. The molecule has 0 spiro atoms. The minimum atomic E-state index is -0.0873. The number of aromatic nitrogens is 5. The van der Waals surface area contributed by atoms with Crippen LogP contribution in [0.25, 0.3) is 10.6 Å². The van der Waals surface area contributed by atoms with Crippen molar-refractivity contribution in [2.75, 3.05) is 18.0 Å². The highest BCUT2D eigenvalue weighted by Gasteiger charge is 2.23. The van der Waals surface area contributed by atoms with Crippen molar-refractivity contribution in [2.45, 2.75) is 33.2 Å². The summed E-state index contributed by atoms with van der Waals surface area (Å²) in [6.45, 7) is 6.08. The third kappa shape index (κ3) is 4.03. The van der Waals surface area contributed by atoms with E-state index < -0.39 is 0 Å². The molecule has 29 heavy (non-hydrogen) atoms. The van der Waals surface area contributed by atoms with Gasteiger partial charge in [-0.2, -0.15) is 10.4 Å². The summed E-state index contributed by atoms with van der Waals surface area (Å²) in [5, 5.41) is 14.8. The summed E-state index contributed by atoms with van der Waals surface area (Å²) in [6, 6.07) is 5.47. The van der Waals surface area contributed by atoms with Crippen LogP contribution in [0.2, 0.25) is 0 Å². The zero-order chi connectivity index (χ0) is 20.4. The highest BCUT2D eigenvalue weighted by molar-refractivity contribution is 7.15. The summed E-state index contributed by atoms with van der Waals surface area (Å²) in [6.07, 6.45) is 4.95. The molecule has 148 valence electrons. The summed E-state index contributed by atoms with van der Waals surface area (Å²) in [5.74, 6) is 0.986. The molecule has 4 heterocycles. The second-order valence-corrected chi connectivity index (χ2v) is 8.36. The third-order valence-electron chi connectivity index (χ3n) is 5.13. The first-order valence-corrected chi connectivity index (χ1v) is 10.4. The normalized spacial score (nSPS) is 14.7. The number of nitriles is 1. The van der Waals surface area contributed by atoms with Gasteiger partial charge in [0.1, 0.15) is 11.8 Å². The van der Waals surface area contributed by atoms with Crippen LogP contribution in [-0.2, 0) is 6.54 Å². The Morgan fingerprint density at radius 2 is 1.97 bits per heavy atom. The van der Waals surface area contributed by atoms with Crippen molar-refractivity contribution in [1.29, 1.82) is 5.26 Å². The zero-order valence-corrected chi connectivity index (χ0v) is 17.2. The summed E-state index contributed by atoms with van der Waals surface area (Å²) < 4.78 is 1.58. The Balaban J connectivity index is 1.47. The van der Waals surface area contributed by atoms with Crippen LogP contribution in [0.15, 0.2) is 29.3 Å². The molecular formula is C20H21N7OS. The Kier molecular flexibility index (Phi) is 5.36. The van der Waals surface area contributed by atoms with Crippen LogP contribution in [0.4, 0.5) is 5.82 Å². The molecule has 1 saturated heterocycles. The predicted octanol–water partition coefficient (Wildman–Crippen LogP) is 2.56. The van der Waals surface area contributed by atoms with E-state index in [1.807, 2.05) is 13.8 Å². The molecule has 8 nitrogen and oxygen atoms in total. The van der Waals surface area contributed by atoms with Crippen molar-refractivity contribution < 1.29 is 0 Å². The van der Waals surface area contributed by atoms with Crippen molar-refractivity contribution in [3.8, 4) is 16.6 Å². The van der Waals surface area contributed by atoms with E-state index in [-0.39, 0.29) is 5.56 Å². The number of piperidine rings is 1. The van der Waals surface area contributed by atoms with Crippen LogP contribution in [0.5, 0.6) is 0 Å². The predicted molar refractivity (Wildman–Crippen MR) is 111 cm³/mol. The molecule has 9 heteroatoms. The van der Waals surface area contributed by atoms with Gasteiger partial charge in [-0.25, -0.2) is 19.6 Å². The molecule has 0 atom stereocenters. The van der Waals surface area contributed by atoms with Gasteiger partial charge >= 0.3 is 0 Å². The summed E-state index contributed by atoms with van der Waals surface area (Å²) in [7, 11) is 0. The fourth-order valence-electron chi connectivity index (χ4n) is 3.68. The standard InChI is InChI=1S/C20H21N7OS/c1-13-19(29-14(2)24-13)16-3-4-18(28)27(25-16)12-15-5-9-26(10-6-15)20-17(11-21)22-7-8-23-20/h3-4,7-8,15H,5-6,9-10,12H2,1-2H3. The van der Waals surface area contributed by atoms with E-state index in [0.717, 1.165) is 47.2 Å². The lowest BCUT2D eigenvalue weighted by Gasteiger charge is -2.32. The molecule has 0 unspecified atom stereocenters. The minimum absolute atomic E-state index is 0.0873. The van der Waals surface area contributed by atoms with Crippen molar-refractivity contribution in [2.24, 2.45) is 5.92 Å². The summed E-state index contributed by atoms with van der Waals surface area (Å²) in [4.78, 5) is 28.3. The van der Waals surface area contributed by atoms with E-state index in [0.29, 0.717) is 24.0 Å². The Morgan fingerprint density at radius 1 is 1.21 bits per heavy atom. The molecule has 1 aliphatic heterocycles. The number of anilines is 1. The average molecular weight is 408 g/mol. The Bertz CT molecular complexity index is 1120. The molecule has 0 radical (unpaired) electrons. The average Bonchev–Trinajstić information content (AvgIpc) is 3.08. The van der Waals surface area contributed by atoms with Gasteiger partial charge in [-0.3, -0.25) is 4.79 Å². The molecule has 0 aliphatic carbocycles. The molecule has 0 amide bonds. The van der Waals surface area contributed by atoms with E-state index in [9.17, 15) is 10.1 Å². The van der Waals surface area contributed by atoms with Crippen molar-refractivity contribution in [3.63, 3.8) is 0 Å². The van der Waals surface area contributed by atoms with Gasteiger partial charge < -0.3 is 4.90 Å². The summed E-state index contributed by atoms with van der Waals surface area (Å²) in [5.41, 5.74) is 2.00. The van der Waals surface area contributed by atoms with Gasteiger partial charge in [-0.1, -0.05) is 0 Å². The maximum Gasteiger partial charge on any atom is 0.266 e. The van der Waals surface area contributed by atoms with Gasteiger partial charge in [0.15, 0.2) is 11.5 Å². The highest BCUT2D eigenvalue weighted by atomic mass is 32.1. The number of hydrogen-bond acceptors (Lipinski definition) is 8. The monoisotopic (exact) mass is 407 g/mol. The van der Waals surface area contributed by atoms with Crippen LogP contribution in [-0.4, -0.2) is 37.8 Å². The van der Waals surface area contributed by atoms with Crippen molar-refractivity contribution in [3.05, 3.63) is 51.3 Å². The Labute approximate surface area is 172 Å². The topological polar surface area (TPSA) is 101 Å². The molecule has 3 aromatic rings. The number of hydrogen-bond donors (Lipinski definition) is 0. The van der Waals surface area contributed by atoms with Crippen molar-refractivity contribution >= 4 is 17.2 Å². The SMILES string of the molecule is Cc1nc(C)c(-c2ccc(=O)n(CC3CCN(c4nccnc4C#N)CC3)n2)s1. The smallest absolute Gasteiger partial charge is 0.266 e. The molecule has 0 N–H and O–H groups in total. The van der Waals surface area contributed by atoms with Gasteiger partial charge in [0, 0.05) is 38.1 Å². The molecule has 0 saturated carbocycles. The molecule has 0 aromatic carbocycles. The second kappa shape index (κ2) is 8.09. The first kappa shape index (κ1) is 19.2. The van der Waals surface area contributed by atoms with E-state index >= 15 is 0 Å². The fraction of sp³-hybridized carbons (Fsp3) is 0.400. The summed E-state index contributed by atoms with van der Waals surface area (Å²) >= 11 is 1.59. The van der Waals surface area contributed by atoms with Crippen LogP contribution < -0.4 is 10.5 Å². The van der Waals surface area contributed by atoms with E-state index in [4.69, 9.17) is 0 Å². The lowest BCUT2D eigenvalue weighted by molar-refractivity contribution is 0.335. The first-order chi connectivity index (χ1) is 14.0. The van der Waals surface area contributed by atoms with Gasteiger partial charge in [-0.15, -0.1) is 11.3 Å². The van der Waals surface area contributed by atoms with E-state index in [2.05, 4.69) is 31.0 Å². The minimum Gasteiger partial charge on any atom is -0.354 e. The highest BCUT2D eigenvalue weighted by Crippen LogP contribution is 2.28. The largest absolute Gasteiger partial charge is 0.354 e. The number of thiazole rings is 1. The molecule has 3 aromatic heterocycles. The molecule has 4 rings (SSSR count). The first-order valence-electron chi connectivity index (χ1n) is 9.54. The maximum absolute atomic E-state index is 12.4. The van der Waals surface area contributed by atoms with E-state index in [1.54, 1.807) is 34.3 Å². The Hall–Kier alpha value is -3.12. The number of rotatable bonds is 4. The van der Waals surface area contributed by atoms with E-state index in [1.165, 1.54) is 6.20 Å². The van der Waals surface area contributed by atoms with Crippen LogP contribution >= 0.6 is 11.3 Å². The molecular weight excluding hydrogens is 386 g/mol. The zero-order valence-electron chi connectivity index (χ0n) is 16.4. The van der Waals surface area contributed by atoms with Crippen LogP contribution in [0.3, 0.4) is 0 Å². The van der Waals surface area contributed by atoms with Crippen molar-refractivity contribution in [1.82, 2.24) is 24.7 Å². The van der Waals surface area contributed by atoms with Gasteiger partial charge in [0.05, 0.1) is 15.6 Å². The quantitative estimate of drug-likeness (QED) is 0.655. The Morgan fingerprint density at radius 3 is 2.66 bits per heavy atom. The molecule has 1 aliphatic rings. The number of aryl methyl sites for hydroxylation is 2. The lowest BCUT2D eigenvalue weighted by Crippen LogP contribution is -2.37. The van der Waals surface area contributed by atoms with Crippen LogP contribution in [0, 0.1) is 31.1 Å². The number of nitrogens with zero attached hydrogens (tertiary/aromatic N) is 7. The lowest BCUT2D eigenvalue weighted by atomic mass is 9.96. The van der Waals surface area contributed by atoms with Gasteiger partial charge in [0.2, 0.25) is 0 Å². The van der Waals surface area contributed by atoms with Gasteiger partial charge in [-0.05, 0) is 38.7 Å². The van der Waals surface area contributed by atoms with Crippen LogP contribution in [0.1, 0.15) is 29.2 Å². The second-order valence-electron chi connectivity index (χ2n) is 7.16. The maximum atomic E-state index is 12.4.